The number of halogens is 3. The maximum Gasteiger partial charge on any atom is 0.416 e. The first-order valence-corrected chi connectivity index (χ1v) is 12.7. The van der Waals surface area contributed by atoms with Gasteiger partial charge in [-0.1, -0.05) is 6.07 Å². The third-order valence-corrected chi connectivity index (χ3v) is 6.73. The van der Waals surface area contributed by atoms with Gasteiger partial charge in [-0.25, -0.2) is 9.97 Å². The number of alkyl halides is 3. The fourth-order valence-corrected chi connectivity index (χ4v) is 4.41. The van der Waals surface area contributed by atoms with Crippen LogP contribution in [0.2, 0.25) is 0 Å². The third-order valence-electron chi connectivity index (χ3n) is 6.73. The Morgan fingerprint density at radius 1 is 0.975 bits per heavy atom. The van der Waals surface area contributed by atoms with Crippen molar-refractivity contribution >= 4 is 28.9 Å². The molecule has 11 heteroatoms. The van der Waals surface area contributed by atoms with Crippen molar-refractivity contribution in [3.63, 3.8) is 0 Å². The van der Waals surface area contributed by atoms with Crippen molar-refractivity contribution < 1.29 is 18.0 Å². The van der Waals surface area contributed by atoms with Crippen molar-refractivity contribution in [1.29, 1.82) is 0 Å². The van der Waals surface area contributed by atoms with Crippen LogP contribution in [0.1, 0.15) is 21.5 Å². The molecule has 4 aromatic rings. The Balaban J connectivity index is 1.37. The first kappa shape index (κ1) is 27.1. The standard InChI is InChI=1S/C29H28F3N7O/c1-19-5-6-20(14-26(19)37-28-34-9-7-25(36-28)21-4-3-8-33-18-21)27(40)35-23-15-22(29(30,31)32)16-24(17-23)39-12-10-38(2)11-13-39/h3-9,14-18H,10-13H2,1-2H3,(H,35,40)(H,34,36,37). The van der Waals surface area contributed by atoms with E-state index >= 15 is 0 Å². The van der Waals surface area contributed by atoms with Crippen LogP contribution < -0.4 is 15.5 Å². The second-order valence-electron chi connectivity index (χ2n) is 9.67. The molecule has 0 aliphatic carbocycles. The van der Waals surface area contributed by atoms with E-state index in [2.05, 4.69) is 30.5 Å². The predicted molar refractivity (Wildman–Crippen MR) is 149 cm³/mol. The number of benzene rings is 2. The monoisotopic (exact) mass is 547 g/mol. The maximum absolute atomic E-state index is 13.7. The van der Waals surface area contributed by atoms with E-state index in [-0.39, 0.29) is 11.3 Å². The highest BCUT2D eigenvalue weighted by Gasteiger charge is 2.32. The molecule has 1 aliphatic rings. The molecule has 1 aliphatic heterocycles. The van der Waals surface area contributed by atoms with Gasteiger partial charge in [0.05, 0.1) is 11.3 Å². The summed E-state index contributed by atoms with van der Waals surface area (Å²) in [5, 5.41) is 5.80. The topological polar surface area (TPSA) is 86.3 Å². The number of amides is 1. The molecule has 2 aromatic carbocycles. The highest BCUT2D eigenvalue weighted by atomic mass is 19.4. The Labute approximate surface area is 229 Å². The lowest BCUT2D eigenvalue weighted by molar-refractivity contribution is -0.137. The number of pyridine rings is 1. The number of nitrogens with zero attached hydrogens (tertiary/aromatic N) is 5. The van der Waals surface area contributed by atoms with E-state index in [1.807, 2.05) is 31.0 Å². The molecule has 0 spiro atoms. The summed E-state index contributed by atoms with van der Waals surface area (Å²) < 4.78 is 41.1. The van der Waals surface area contributed by atoms with Crippen molar-refractivity contribution in [1.82, 2.24) is 19.9 Å². The van der Waals surface area contributed by atoms with E-state index in [0.29, 0.717) is 36.1 Å². The van der Waals surface area contributed by atoms with Gasteiger partial charge >= 0.3 is 6.18 Å². The van der Waals surface area contributed by atoms with Crippen molar-refractivity contribution in [2.24, 2.45) is 0 Å². The first-order chi connectivity index (χ1) is 19.2. The average molecular weight is 548 g/mol. The number of rotatable bonds is 6. The van der Waals surface area contributed by atoms with Gasteiger partial charge in [0.15, 0.2) is 0 Å². The van der Waals surface area contributed by atoms with Crippen LogP contribution in [0, 0.1) is 6.92 Å². The maximum atomic E-state index is 13.7. The molecule has 0 unspecified atom stereocenters. The zero-order chi connectivity index (χ0) is 28.3. The van der Waals surface area contributed by atoms with E-state index in [0.717, 1.165) is 36.3 Å². The lowest BCUT2D eigenvalue weighted by atomic mass is 10.1. The lowest BCUT2D eigenvalue weighted by Gasteiger charge is -2.34. The zero-order valence-electron chi connectivity index (χ0n) is 22.0. The summed E-state index contributed by atoms with van der Waals surface area (Å²) >= 11 is 0. The number of aromatic nitrogens is 3. The molecule has 0 bridgehead atoms. The van der Waals surface area contributed by atoms with Crippen LogP contribution in [0.5, 0.6) is 0 Å². The summed E-state index contributed by atoms with van der Waals surface area (Å²) in [6, 6.07) is 14.2. The predicted octanol–water partition coefficient (Wildman–Crippen LogP) is 5.61. The van der Waals surface area contributed by atoms with Crippen LogP contribution in [0.25, 0.3) is 11.3 Å². The molecule has 206 valence electrons. The highest BCUT2D eigenvalue weighted by molar-refractivity contribution is 6.05. The van der Waals surface area contributed by atoms with Crippen LogP contribution >= 0.6 is 0 Å². The van der Waals surface area contributed by atoms with Gasteiger partial charge in [0.1, 0.15) is 0 Å². The molecule has 40 heavy (non-hydrogen) atoms. The largest absolute Gasteiger partial charge is 0.416 e. The molecule has 1 amide bonds. The zero-order valence-corrected chi connectivity index (χ0v) is 22.0. The van der Waals surface area contributed by atoms with Gasteiger partial charge in [0.2, 0.25) is 5.95 Å². The molecular weight excluding hydrogens is 519 g/mol. The van der Waals surface area contributed by atoms with Crippen molar-refractivity contribution in [3.8, 4) is 11.3 Å². The van der Waals surface area contributed by atoms with Gasteiger partial charge in [-0.15, -0.1) is 0 Å². The number of aryl methyl sites for hydroxylation is 1. The molecule has 2 N–H and O–H groups in total. The molecule has 3 heterocycles. The smallest absolute Gasteiger partial charge is 0.369 e. The minimum Gasteiger partial charge on any atom is -0.369 e. The number of carbonyl (C=O) groups is 1. The minimum absolute atomic E-state index is 0.0799. The number of hydrogen-bond donors (Lipinski definition) is 2. The second-order valence-corrected chi connectivity index (χ2v) is 9.67. The molecule has 1 fully saturated rings. The number of likely N-dealkylation sites (N-methyl/N-ethyl adjacent to an activating group) is 1. The normalized spacial score (nSPS) is 14.2. The number of piperazine rings is 1. The van der Waals surface area contributed by atoms with Crippen LogP contribution in [0.3, 0.4) is 0 Å². The number of nitrogens with one attached hydrogen (secondary N) is 2. The van der Waals surface area contributed by atoms with Crippen molar-refractivity contribution in [2.75, 3.05) is 48.8 Å². The molecular formula is C29H28F3N7O. The van der Waals surface area contributed by atoms with E-state index in [9.17, 15) is 18.0 Å². The number of anilines is 4. The summed E-state index contributed by atoms with van der Waals surface area (Å²) in [7, 11) is 1.98. The molecule has 1 saturated heterocycles. The number of hydrogen-bond acceptors (Lipinski definition) is 7. The molecule has 0 saturated carbocycles. The van der Waals surface area contributed by atoms with Crippen LogP contribution in [-0.2, 0) is 6.18 Å². The Morgan fingerprint density at radius 2 is 1.77 bits per heavy atom. The van der Waals surface area contributed by atoms with Crippen LogP contribution in [-0.4, -0.2) is 59.0 Å². The summed E-state index contributed by atoms with van der Waals surface area (Å²) in [4.78, 5) is 30.1. The van der Waals surface area contributed by atoms with Gasteiger partial charge in [0.25, 0.3) is 5.91 Å². The van der Waals surface area contributed by atoms with Crippen LogP contribution in [0.4, 0.5) is 36.2 Å². The highest BCUT2D eigenvalue weighted by Crippen LogP contribution is 2.35. The fraction of sp³-hybridized carbons (Fsp3) is 0.241. The summed E-state index contributed by atoms with van der Waals surface area (Å²) in [6.45, 7) is 4.55. The molecule has 5 rings (SSSR count). The second kappa shape index (κ2) is 11.3. The average Bonchev–Trinajstić information content (AvgIpc) is 2.94. The van der Waals surface area contributed by atoms with E-state index < -0.39 is 17.6 Å². The SMILES string of the molecule is Cc1ccc(C(=O)Nc2cc(N3CCN(C)CC3)cc(C(F)(F)F)c2)cc1Nc1nccc(-c2cccnc2)n1. The third kappa shape index (κ3) is 6.37. The minimum atomic E-state index is -4.55. The summed E-state index contributed by atoms with van der Waals surface area (Å²) in [5.41, 5.74) is 2.91. The Bertz CT molecular complexity index is 1500. The van der Waals surface area contributed by atoms with E-state index in [1.54, 1.807) is 48.9 Å². The van der Waals surface area contributed by atoms with Crippen molar-refractivity contribution in [3.05, 3.63) is 89.9 Å². The first-order valence-electron chi connectivity index (χ1n) is 12.7. The van der Waals surface area contributed by atoms with E-state index in [4.69, 9.17) is 0 Å². The summed E-state index contributed by atoms with van der Waals surface area (Å²) in [5.74, 6) is -0.201. The van der Waals surface area contributed by atoms with Gasteiger partial charge in [-0.05, 0) is 68.1 Å². The fourth-order valence-electron chi connectivity index (χ4n) is 4.41. The van der Waals surface area contributed by atoms with Gasteiger partial charge < -0.3 is 20.4 Å². The van der Waals surface area contributed by atoms with E-state index in [1.165, 1.54) is 0 Å². The van der Waals surface area contributed by atoms with Crippen molar-refractivity contribution in [2.45, 2.75) is 13.1 Å². The van der Waals surface area contributed by atoms with Gasteiger partial charge in [-0.3, -0.25) is 9.78 Å². The van der Waals surface area contributed by atoms with Crippen LogP contribution in [0.15, 0.2) is 73.2 Å². The van der Waals surface area contributed by atoms with Gasteiger partial charge in [-0.2, -0.15) is 13.2 Å². The molecule has 0 atom stereocenters. The Kier molecular flexibility index (Phi) is 7.65. The summed E-state index contributed by atoms with van der Waals surface area (Å²) in [6.07, 6.45) is 0.449. The molecule has 0 radical (unpaired) electrons. The Morgan fingerprint density at radius 3 is 2.50 bits per heavy atom. The number of carbonyl (C=O) groups excluding carboxylic acids is 1. The van der Waals surface area contributed by atoms with Gasteiger partial charge in [0, 0.05) is 73.0 Å². The lowest BCUT2D eigenvalue weighted by Crippen LogP contribution is -2.44. The molecule has 2 aromatic heterocycles. The quantitative estimate of drug-likeness (QED) is 0.324. The molecule has 8 nitrogen and oxygen atoms in total. The Hall–Kier alpha value is -4.51.